The molecule has 1 atom stereocenters. The second-order valence-corrected chi connectivity index (χ2v) is 9.10. The van der Waals surface area contributed by atoms with E-state index in [4.69, 9.17) is 37.7 Å². The molecule has 4 aromatic rings. The molecule has 0 aromatic carbocycles. The van der Waals surface area contributed by atoms with Crippen molar-refractivity contribution in [3.63, 3.8) is 0 Å². The number of ether oxygens (including phenoxy) is 2. The summed E-state index contributed by atoms with van der Waals surface area (Å²) in [6.45, 7) is 2.81. The first kappa shape index (κ1) is 24.9. The van der Waals surface area contributed by atoms with Crippen molar-refractivity contribution in [2.75, 3.05) is 24.7 Å². The lowest BCUT2D eigenvalue weighted by molar-refractivity contribution is 0.0524. The van der Waals surface area contributed by atoms with E-state index in [0.717, 1.165) is 12.8 Å². The Labute approximate surface area is 221 Å². The lowest BCUT2D eigenvalue weighted by atomic mass is 10.2. The molecule has 190 valence electrons. The molecule has 1 aliphatic rings. The van der Waals surface area contributed by atoms with Crippen LogP contribution in [0.5, 0.6) is 5.88 Å². The molecule has 0 unspecified atom stereocenters. The summed E-state index contributed by atoms with van der Waals surface area (Å²) < 4.78 is 12.5. The van der Waals surface area contributed by atoms with E-state index >= 15 is 0 Å². The third-order valence-corrected chi connectivity index (χ3v) is 6.56. The topological polar surface area (TPSA) is 112 Å². The minimum absolute atomic E-state index is 0.0454. The van der Waals surface area contributed by atoms with E-state index in [2.05, 4.69) is 15.0 Å². The van der Waals surface area contributed by atoms with Gasteiger partial charge in [-0.1, -0.05) is 23.2 Å². The van der Waals surface area contributed by atoms with Crippen molar-refractivity contribution in [1.82, 2.24) is 24.5 Å². The minimum atomic E-state index is -0.739. The third kappa shape index (κ3) is 4.94. The summed E-state index contributed by atoms with van der Waals surface area (Å²) in [6.07, 6.45) is 9.29. The number of carbonyl (C=O) groups excluding carboxylic acids is 1. The molecule has 0 amide bonds. The Hall–Kier alpha value is -3.76. The molecule has 12 heteroatoms. The highest BCUT2D eigenvalue weighted by Gasteiger charge is 2.30. The van der Waals surface area contributed by atoms with Crippen LogP contribution in [0.4, 0.5) is 5.82 Å². The van der Waals surface area contributed by atoms with Gasteiger partial charge in [-0.25, -0.2) is 19.7 Å². The van der Waals surface area contributed by atoms with E-state index in [1.54, 1.807) is 29.8 Å². The molecular weight excluding hydrogens is 519 g/mol. The monoisotopic (exact) mass is 540 g/mol. The zero-order valence-corrected chi connectivity index (χ0v) is 21.3. The van der Waals surface area contributed by atoms with Gasteiger partial charge in [-0.05, 0) is 38.0 Å². The smallest absolute Gasteiger partial charge is 0.343 e. The number of aromatic nitrogens is 5. The largest absolute Gasteiger partial charge is 0.474 e. The van der Waals surface area contributed by atoms with Crippen LogP contribution in [0.2, 0.25) is 10.0 Å². The van der Waals surface area contributed by atoms with Gasteiger partial charge in [-0.15, -0.1) is 0 Å². The second-order valence-electron chi connectivity index (χ2n) is 8.28. The lowest BCUT2D eigenvalue weighted by Gasteiger charge is -2.27. The summed E-state index contributed by atoms with van der Waals surface area (Å²) in [6, 6.07) is 4.94. The normalized spacial score (nSPS) is 15.2. The average Bonchev–Trinajstić information content (AvgIpc) is 3.37. The fraction of sp³-hybridized carbons (Fsp3) is 0.280. The summed E-state index contributed by atoms with van der Waals surface area (Å²) >= 11 is 12.9. The van der Waals surface area contributed by atoms with Crippen molar-refractivity contribution in [2.45, 2.75) is 25.8 Å². The highest BCUT2D eigenvalue weighted by Crippen LogP contribution is 2.33. The van der Waals surface area contributed by atoms with Crippen LogP contribution < -0.4 is 15.1 Å². The van der Waals surface area contributed by atoms with E-state index in [0.29, 0.717) is 35.7 Å². The molecule has 5 rings (SSSR count). The fourth-order valence-corrected chi connectivity index (χ4v) is 4.74. The molecular formula is C25H22Cl2N6O4. The maximum Gasteiger partial charge on any atom is 0.343 e. The van der Waals surface area contributed by atoms with Gasteiger partial charge in [0, 0.05) is 31.3 Å². The van der Waals surface area contributed by atoms with Gasteiger partial charge in [0.25, 0.3) is 0 Å². The van der Waals surface area contributed by atoms with Gasteiger partial charge in [0.2, 0.25) is 11.3 Å². The number of anilines is 1. The SMILES string of the molecule is CCOC(=O)c1cn(-c2cnccn2)c2nc(N3CCC[C@@H]3COc3ncccc3Cl)c(Cl)cc2c1=O. The van der Waals surface area contributed by atoms with Crippen LogP contribution in [0, 0.1) is 0 Å². The molecule has 4 aromatic heterocycles. The zero-order valence-electron chi connectivity index (χ0n) is 19.8. The number of hydrogen-bond donors (Lipinski definition) is 0. The first-order chi connectivity index (χ1) is 18.0. The number of nitrogens with zero attached hydrogens (tertiary/aromatic N) is 6. The van der Waals surface area contributed by atoms with Crippen LogP contribution in [-0.4, -0.2) is 56.3 Å². The number of pyridine rings is 3. The number of halogens is 2. The number of fused-ring (bicyclic) bond motifs is 1. The van der Waals surface area contributed by atoms with E-state index in [1.165, 1.54) is 30.9 Å². The van der Waals surface area contributed by atoms with Gasteiger partial charge in [0.15, 0.2) is 11.5 Å². The molecule has 5 heterocycles. The van der Waals surface area contributed by atoms with Crippen molar-refractivity contribution in [3.05, 3.63) is 75.0 Å². The predicted octanol–water partition coefficient (Wildman–Crippen LogP) is 4.10. The van der Waals surface area contributed by atoms with Crippen molar-refractivity contribution >= 4 is 46.0 Å². The molecule has 1 aliphatic heterocycles. The Morgan fingerprint density at radius 3 is 2.81 bits per heavy atom. The Morgan fingerprint density at radius 1 is 1.19 bits per heavy atom. The van der Waals surface area contributed by atoms with E-state index in [9.17, 15) is 9.59 Å². The summed E-state index contributed by atoms with van der Waals surface area (Å²) in [5.74, 6) is 0.493. The Balaban J connectivity index is 1.58. The summed E-state index contributed by atoms with van der Waals surface area (Å²) in [4.78, 5) is 45.3. The summed E-state index contributed by atoms with van der Waals surface area (Å²) in [5, 5.41) is 0.871. The zero-order chi connectivity index (χ0) is 25.9. The standard InChI is InChI=1S/C25H22Cl2N6O4/c1-2-36-25(35)17-13-33(20-12-28-8-9-29-20)22-16(21(17)34)11-19(27)23(31-22)32-10-4-5-15(32)14-37-24-18(26)6-3-7-30-24/h3,6-9,11-13,15H,2,4-5,10,14H2,1H3/t15-/m1/s1. The fourth-order valence-electron chi connectivity index (χ4n) is 4.30. The third-order valence-electron chi connectivity index (χ3n) is 5.99. The van der Waals surface area contributed by atoms with Gasteiger partial charge < -0.3 is 14.4 Å². The van der Waals surface area contributed by atoms with Crippen LogP contribution in [0.3, 0.4) is 0 Å². The highest BCUT2D eigenvalue weighted by molar-refractivity contribution is 6.33. The quantitative estimate of drug-likeness (QED) is 0.319. The molecule has 10 nitrogen and oxygen atoms in total. The Morgan fingerprint density at radius 2 is 2.05 bits per heavy atom. The van der Waals surface area contributed by atoms with Crippen molar-refractivity contribution < 1.29 is 14.3 Å². The molecule has 0 aliphatic carbocycles. The predicted molar refractivity (Wildman–Crippen MR) is 139 cm³/mol. The first-order valence-electron chi connectivity index (χ1n) is 11.7. The maximum absolute atomic E-state index is 13.3. The molecule has 0 N–H and O–H groups in total. The molecule has 0 radical (unpaired) electrons. The Bertz CT molecular complexity index is 1510. The summed E-state index contributed by atoms with van der Waals surface area (Å²) in [7, 11) is 0. The summed E-state index contributed by atoms with van der Waals surface area (Å²) in [5.41, 5.74) is -0.386. The number of carbonyl (C=O) groups is 1. The van der Waals surface area contributed by atoms with Gasteiger partial charge in [0.1, 0.15) is 23.0 Å². The lowest BCUT2D eigenvalue weighted by Crippen LogP contribution is -2.35. The number of rotatable bonds is 7. The molecule has 0 saturated carbocycles. The maximum atomic E-state index is 13.3. The number of hydrogen-bond acceptors (Lipinski definition) is 9. The van der Waals surface area contributed by atoms with Gasteiger partial charge >= 0.3 is 5.97 Å². The average molecular weight is 541 g/mol. The van der Waals surface area contributed by atoms with Crippen LogP contribution in [0.15, 0.2) is 54.0 Å². The van der Waals surface area contributed by atoms with Crippen LogP contribution >= 0.6 is 23.2 Å². The second kappa shape index (κ2) is 10.7. The molecule has 37 heavy (non-hydrogen) atoms. The molecule has 1 fully saturated rings. The molecule has 0 bridgehead atoms. The van der Waals surface area contributed by atoms with E-state index in [-0.39, 0.29) is 34.3 Å². The van der Waals surface area contributed by atoms with Crippen molar-refractivity contribution in [3.8, 4) is 11.7 Å². The van der Waals surface area contributed by atoms with Gasteiger partial charge in [0.05, 0.1) is 29.3 Å². The van der Waals surface area contributed by atoms with Crippen molar-refractivity contribution in [2.24, 2.45) is 0 Å². The van der Waals surface area contributed by atoms with E-state index < -0.39 is 11.4 Å². The highest BCUT2D eigenvalue weighted by atomic mass is 35.5. The van der Waals surface area contributed by atoms with Gasteiger partial charge in [-0.3, -0.25) is 14.3 Å². The van der Waals surface area contributed by atoms with Gasteiger partial charge in [-0.2, -0.15) is 0 Å². The van der Waals surface area contributed by atoms with Crippen LogP contribution in [-0.2, 0) is 4.74 Å². The molecule has 0 spiro atoms. The Kier molecular flexibility index (Phi) is 7.20. The minimum Gasteiger partial charge on any atom is -0.474 e. The molecule has 1 saturated heterocycles. The van der Waals surface area contributed by atoms with E-state index in [1.807, 2.05) is 4.90 Å². The van der Waals surface area contributed by atoms with Crippen LogP contribution in [0.1, 0.15) is 30.1 Å². The van der Waals surface area contributed by atoms with Crippen molar-refractivity contribution in [1.29, 1.82) is 0 Å². The number of esters is 1. The first-order valence-corrected chi connectivity index (χ1v) is 12.4. The van der Waals surface area contributed by atoms with Crippen LogP contribution in [0.25, 0.3) is 16.9 Å².